The van der Waals surface area contributed by atoms with Gasteiger partial charge in [-0.05, 0) is 6.42 Å². The Hall–Kier alpha value is -0.540. The molecule has 0 bridgehead atoms. The molecular weight excluding hydrogens is 200 g/mol. The topological polar surface area (TPSA) is 29.0 Å². The van der Waals surface area contributed by atoms with Gasteiger partial charge in [-0.15, -0.1) is 0 Å². The molecule has 82 valence electrons. The van der Waals surface area contributed by atoms with Crippen LogP contribution in [0.3, 0.4) is 0 Å². The van der Waals surface area contributed by atoms with Gasteiger partial charge in [-0.2, -0.15) is 0 Å². The van der Waals surface area contributed by atoms with Crippen molar-refractivity contribution < 1.29 is 22.1 Å². The Bertz CT molecular complexity index is 215. The van der Waals surface area contributed by atoms with Crippen molar-refractivity contribution >= 4 is 0 Å². The Morgan fingerprint density at radius 1 is 1.36 bits per heavy atom. The largest absolute Gasteiger partial charge is 1.00 e. The van der Waals surface area contributed by atoms with Crippen molar-refractivity contribution in [1.29, 1.82) is 0 Å². The molecule has 0 radical (unpaired) electrons. The van der Waals surface area contributed by atoms with Crippen LogP contribution in [0.15, 0.2) is 18.7 Å². The molecule has 0 saturated heterocycles. The number of hydrogen-bond acceptors (Lipinski definition) is 1. The molecule has 1 rings (SSSR count). The summed E-state index contributed by atoms with van der Waals surface area (Å²) < 4.78 is 4.31. The van der Waals surface area contributed by atoms with Gasteiger partial charge in [-0.1, -0.05) is 13.3 Å². The zero-order valence-electron chi connectivity index (χ0n) is 8.69. The lowest BCUT2D eigenvalue weighted by molar-refractivity contribution is -0.697. The molecule has 14 heavy (non-hydrogen) atoms. The van der Waals surface area contributed by atoms with Crippen LogP contribution >= 0.6 is 0 Å². The predicted molar refractivity (Wildman–Crippen MR) is 51.2 cm³/mol. The van der Waals surface area contributed by atoms with Gasteiger partial charge in [0.2, 0.25) is 6.33 Å². The first-order valence-corrected chi connectivity index (χ1v) is 5.02. The van der Waals surface area contributed by atoms with Crippen molar-refractivity contribution in [2.24, 2.45) is 0 Å². The van der Waals surface area contributed by atoms with E-state index in [1.807, 2.05) is 0 Å². The summed E-state index contributed by atoms with van der Waals surface area (Å²) in [5, 5.41) is 8.66. The van der Waals surface area contributed by atoms with Crippen molar-refractivity contribution in [1.82, 2.24) is 4.57 Å². The van der Waals surface area contributed by atoms with E-state index in [9.17, 15) is 0 Å². The SMILES string of the molecule is CCCCn1cc[n+](CCCO)c1.[Cl-]. The molecule has 0 aliphatic heterocycles. The molecule has 0 fully saturated rings. The van der Waals surface area contributed by atoms with Gasteiger partial charge in [0.1, 0.15) is 12.4 Å². The number of aliphatic hydroxyl groups excluding tert-OH is 1. The molecule has 0 spiro atoms. The summed E-state index contributed by atoms with van der Waals surface area (Å²) in [6, 6.07) is 0. The van der Waals surface area contributed by atoms with Crippen LogP contribution in [0.25, 0.3) is 0 Å². The number of imidazole rings is 1. The first kappa shape index (κ1) is 13.5. The molecule has 3 nitrogen and oxygen atoms in total. The maximum absolute atomic E-state index is 8.66. The monoisotopic (exact) mass is 218 g/mol. The molecule has 1 aromatic rings. The summed E-state index contributed by atoms with van der Waals surface area (Å²) in [5.41, 5.74) is 0. The van der Waals surface area contributed by atoms with E-state index in [2.05, 4.69) is 34.8 Å². The molecular formula is C10H19ClN2O. The van der Waals surface area contributed by atoms with Crippen molar-refractivity contribution in [3.8, 4) is 0 Å². The van der Waals surface area contributed by atoms with Gasteiger partial charge in [0, 0.05) is 13.0 Å². The Morgan fingerprint density at radius 3 is 2.79 bits per heavy atom. The zero-order chi connectivity index (χ0) is 9.52. The number of halogens is 1. The second-order valence-corrected chi connectivity index (χ2v) is 3.32. The summed E-state index contributed by atoms with van der Waals surface area (Å²) in [5.74, 6) is 0. The van der Waals surface area contributed by atoms with Gasteiger partial charge in [0.15, 0.2) is 0 Å². The van der Waals surface area contributed by atoms with E-state index < -0.39 is 0 Å². The Kier molecular flexibility index (Phi) is 7.52. The second-order valence-electron chi connectivity index (χ2n) is 3.32. The Labute approximate surface area is 91.8 Å². The van der Waals surface area contributed by atoms with Crippen molar-refractivity contribution in [3.05, 3.63) is 18.7 Å². The Morgan fingerprint density at radius 2 is 2.14 bits per heavy atom. The van der Waals surface area contributed by atoms with Crippen molar-refractivity contribution in [2.75, 3.05) is 6.61 Å². The minimum Gasteiger partial charge on any atom is -1.00 e. The molecule has 1 heterocycles. The lowest BCUT2D eigenvalue weighted by Gasteiger charge is -1.93. The molecule has 0 aromatic carbocycles. The zero-order valence-corrected chi connectivity index (χ0v) is 9.45. The fraction of sp³-hybridized carbons (Fsp3) is 0.700. The lowest BCUT2D eigenvalue weighted by Crippen LogP contribution is -3.00. The summed E-state index contributed by atoms with van der Waals surface area (Å²) in [4.78, 5) is 0. The molecule has 0 amide bonds. The maximum Gasteiger partial charge on any atom is 0.243 e. The van der Waals surface area contributed by atoms with Crippen LogP contribution in [-0.2, 0) is 13.1 Å². The average molecular weight is 219 g/mol. The highest BCUT2D eigenvalue weighted by Crippen LogP contribution is 1.92. The van der Waals surface area contributed by atoms with Gasteiger partial charge in [-0.25, -0.2) is 9.13 Å². The van der Waals surface area contributed by atoms with Crippen molar-refractivity contribution in [2.45, 2.75) is 39.3 Å². The first-order chi connectivity index (χ1) is 6.36. The third-order valence-electron chi connectivity index (χ3n) is 2.09. The van der Waals surface area contributed by atoms with Gasteiger partial charge >= 0.3 is 0 Å². The Balaban J connectivity index is 0.00000169. The van der Waals surface area contributed by atoms with Crippen LogP contribution < -0.4 is 17.0 Å². The lowest BCUT2D eigenvalue weighted by atomic mass is 10.3. The van der Waals surface area contributed by atoms with Crippen LogP contribution in [0.2, 0.25) is 0 Å². The van der Waals surface area contributed by atoms with E-state index in [-0.39, 0.29) is 19.0 Å². The molecule has 1 aromatic heterocycles. The maximum atomic E-state index is 8.66. The van der Waals surface area contributed by atoms with E-state index >= 15 is 0 Å². The standard InChI is InChI=1S/C10H19N2O.ClH/c1-2-3-5-11-7-8-12(10-11)6-4-9-13;/h7-8,10,13H,2-6,9H2,1H3;1H/q+1;/p-1. The quantitative estimate of drug-likeness (QED) is 0.548. The van der Waals surface area contributed by atoms with Crippen LogP contribution in [0.1, 0.15) is 26.2 Å². The van der Waals surface area contributed by atoms with Gasteiger partial charge in [-0.3, -0.25) is 0 Å². The smallest absolute Gasteiger partial charge is 0.243 e. The third-order valence-corrected chi connectivity index (χ3v) is 2.09. The van der Waals surface area contributed by atoms with Crippen LogP contribution in [0, 0.1) is 0 Å². The minimum atomic E-state index is 0. The van der Waals surface area contributed by atoms with Gasteiger partial charge < -0.3 is 17.5 Å². The number of aliphatic hydroxyl groups is 1. The molecule has 4 heteroatoms. The molecule has 0 unspecified atom stereocenters. The summed E-state index contributed by atoms with van der Waals surface area (Å²) in [6.45, 7) is 4.48. The highest BCUT2D eigenvalue weighted by Gasteiger charge is 2.01. The number of aryl methyl sites for hydroxylation is 2. The summed E-state index contributed by atoms with van der Waals surface area (Å²) in [6.07, 6.45) is 9.55. The third kappa shape index (κ3) is 4.63. The summed E-state index contributed by atoms with van der Waals surface area (Å²) in [7, 11) is 0. The number of unbranched alkanes of at least 4 members (excludes halogenated alkanes) is 1. The molecule has 0 aliphatic rings. The van der Waals surface area contributed by atoms with E-state index in [1.165, 1.54) is 12.8 Å². The highest BCUT2D eigenvalue weighted by molar-refractivity contribution is 4.65. The molecule has 0 aliphatic carbocycles. The van der Waals surface area contributed by atoms with Crippen molar-refractivity contribution in [3.63, 3.8) is 0 Å². The number of nitrogens with zero attached hydrogens (tertiary/aromatic N) is 2. The first-order valence-electron chi connectivity index (χ1n) is 5.02. The summed E-state index contributed by atoms with van der Waals surface area (Å²) >= 11 is 0. The van der Waals surface area contributed by atoms with Gasteiger partial charge in [0.05, 0.1) is 13.1 Å². The normalized spacial score (nSPS) is 9.86. The van der Waals surface area contributed by atoms with Crippen LogP contribution in [0.5, 0.6) is 0 Å². The highest BCUT2D eigenvalue weighted by atomic mass is 35.5. The van der Waals surface area contributed by atoms with Crippen LogP contribution in [0.4, 0.5) is 0 Å². The van der Waals surface area contributed by atoms with E-state index in [4.69, 9.17) is 5.11 Å². The fourth-order valence-corrected chi connectivity index (χ4v) is 1.30. The fourth-order valence-electron chi connectivity index (χ4n) is 1.30. The number of aromatic nitrogens is 2. The average Bonchev–Trinajstić information content (AvgIpc) is 2.59. The van der Waals surface area contributed by atoms with Crippen LogP contribution in [-0.4, -0.2) is 16.3 Å². The molecule has 1 N–H and O–H groups in total. The van der Waals surface area contributed by atoms with Gasteiger partial charge in [0.25, 0.3) is 0 Å². The number of rotatable bonds is 6. The van der Waals surface area contributed by atoms with E-state index in [0.29, 0.717) is 0 Å². The minimum absolute atomic E-state index is 0. The number of hydrogen-bond donors (Lipinski definition) is 1. The van der Waals surface area contributed by atoms with E-state index in [1.54, 1.807) is 0 Å². The molecule has 0 saturated carbocycles. The molecule has 0 atom stereocenters. The van der Waals surface area contributed by atoms with E-state index in [0.717, 1.165) is 19.5 Å². The second kappa shape index (κ2) is 7.83. The predicted octanol–water partition coefficient (Wildman–Crippen LogP) is -2.04.